The molecule has 1 amide bonds. The Kier molecular flexibility index (Phi) is 6.32. The van der Waals surface area contributed by atoms with E-state index in [0.29, 0.717) is 0 Å². The Morgan fingerprint density at radius 1 is 1.38 bits per heavy atom. The molecular formula is C14H18N2O5. The Balaban J connectivity index is 2.64. The second-order valence-electron chi connectivity index (χ2n) is 4.46. The predicted octanol–water partition coefficient (Wildman–Crippen LogP) is 0.916. The van der Waals surface area contributed by atoms with Gasteiger partial charge in [-0.15, -0.1) is 0 Å². The normalized spacial score (nSPS) is 11.5. The van der Waals surface area contributed by atoms with Crippen molar-refractivity contribution >= 4 is 17.8 Å². The van der Waals surface area contributed by atoms with Gasteiger partial charge in [-0.05, 0) is 31.9 Å². The van der Waals surface area contributed by atoms with E-state index in [2.05, 4.69) is 10.3 Å². The van der Waals surface area contributed by atoms with Crippen LogP contribution in [0.5, 0.6) is 0 Å². The summed E-state index contributed by atoms with van der Waals surface area (Å²) in [4.78, 5) is 38.2. The number of carbonyl (C=O) groups excluding carboxylic acids is 2. The van der Waals surface area contributed by atoms with Crippen molar-refractivity contribution in [3.05, 3.63) is 29.6 Å². The molecule has 0 radical (unpaired) electrons. The third-order valence-corrected chi connectivity index (χ3v) is 2.68. The van der Waals surface area contributed by atoms with Crippen molar-refractivity contribution < 1.29 is 24.2 Å². The van der Waals surface area contributed by atoms with Gasteiger partial charge in [-0.1, -0.05) is 0 Å². The van der Waals surface area contributed by atoms with Gasteiger partial charge in [-0.25, -0.2) is 4.79 Å². The molecule has 0 fully saturated rings. The van der Waals surface area contributed by atoms with Gasteiger partial charge in [0.1, 0.15) is 6.04 Å². The summed E-state index contributed by atoms with van der Waals surface area (Å²) in [5.74, 6) is -2.23. The van der Waals surface area contributed by atoms with Gasteiger partial charge < -0.3 is 15.2 Å². The van der Waals surface area contributed by atoms with Gasteiger partial charge in [-0.2, -0.15) is 0 Å². The molecule has 7 heteroatoms. The van der Waals surface area contributed by atoms with Crippen LogP contribution in [0.2, 0.25) is 0 Å². The number of carboxylic acids is 1. The van der Waals surface area contributed by atoms with E-state index < -0.39 is 23.9 Å². The Hall–Kier alpha value is -2.44. The lowest BCUT2D eigenvalue weighted by Crippen LogP contribution is -2.41. The van der Waals surface area contributed by atoms with E-state index in [1.807, 2.05) is 0 Å². The number of nitrogens with one attached hydrogen (secondary N) is 1. The molecule has 1 rings (SSSR count). The number of pyridine rings is 1. The maximum Gasteiger partial charge on any atom is 0.326 e. The minimum Gasteiger partial charge on any atom is -0.480 e. The fourth-order valence-corrected chi connectivity index (χ4v) is 1.67. The summed E-state index contributed by atoms with van der Waals surface area (Å²) < 4.78 is 4.72. The highest BCUT2D eigenvalue weighted by atomic mass is 16.5. The van der Waals surface area contributed by atoms with Crippen LogP contribution >= 0.6 is 0 Å². The van der Waals surface area contributed by atoms with E-state index in [1.165, 1.54) is 6.20 Å². The van der Waals surface area contributed by atoms with Crippen LogP contribution in [-0.2, 0) is 14.3 Å². The monoisotopic (exact) mass is 294 g/mol. The van der Waals surface area contributed by atoms with E-state index in [9.17, 15) is 14.4 Å². The second-order valence-corrected chi connectivity index (χ2v) is 4.46. The number of hydrogen-bond donors (Lipinski definition) is 2. The largest absolute Gasteiger partial charge is 0.480 e. The smallest absolute Gasteiger partial charge is 0.326 e. The third-order valence-electron chi connectivity index (χ3n) is 2.68. The van der Waals surface area contributed by atoms with E-state index in [0.717, 1.165) is 5.56 Å². The molecule has 1 atom stereocenters. The number of amides is 1. The van der Waals surface area contributed by atoms with E-state index in [1.54, 1.807) is 26.1 Å². The molecule has 1 aromatic rings. The van der Waals surface area contributed by atoms with Crippen LogP contribution in [-0.4, -0.2) is 40.6 Å². The summed E-state index contributed by atoms with van der Waals surface area (Å²) in [6, 6.07) is 0.453. The van der Waals surface area contributed by atoms with Crippen molar-refractivity contribution in [2.75, 3.05) is 6.61 Å². The number of carbonyl (C=O) groups is 3. The van der Waals surface area contributed by atoms with Crippen LogP contribution in [0.25, 0.3) is 0 Å². The number of aliphatic carboxylic acids is 1. The van der Waals surface area contributed by atoms with Crippen molar-refractivity contribution in [3.63, 3.8) is 0 Å². The zero-order valence-electron chi connectivity index (χ0n) is 12.0. The van der Waals surface area contributed by atoms with Gasteiger partial charge >= 0.3 is 11.9 Å². The van der Waals surface area contributed by atoms with E-state index in [-0.39, 0.29) is 25.0 Å². The Labute approximate surface area is 122 Å². The van der Waals surface area contributed by atoms with Gasteiger partial charge in [0.2, 0.25) is 0 Å². The summed E-state index contributed by atoms with van der Waals surface area (Å²) >= 11 is 0. The summed E-state index contributed by atoms with van der Waals surface area (Å²) in [7, 11) is 0. The number of aryl methyl sites for hydroxylation is 1. The number of carboxylic acid groups (broad SMARTS) is 1. The SMILES string of the molecule is CCOC(=O)CC[C@H](NC(=O)c1cncc(C)c1)C(=O)O. The molecule has 0 bridgehead atoms. The van der Waals surface area contributed by atoms with Crippen molar-refractivity contribution in [1.82, 2.24) is 10.3 Å². The van der Waals surface area contributed by atoms with Crippen LogP contribution in [0, 0.1) is 6.92 Å². The van der Waals surface area contributed by atoms with Crippen molar-refractivity contribution in [2.24, 2.45) is 0 Å². The lowest BCUT2D eigenvalue weighted by atomic mass is 10.1. The number of aromatic nitrogens is 1. The zero-order chi connectivity index (χ0) is 15.8. The molecule has 0 saturated heterocycles. The number of ether oxygens (including phenoxy) is 1. The molecule has 0 spiro atoms. The average molecular weight is 294 g/mol. The van der Waals surface area contributed by atoms with Gasteiger partial charge in [0.05, 0.1) is 12.2 Å². The van der Waals surface area contributed by atoms with Crippen LogP contribution in [0.1, 0.15) is 35.7 Å². The Bertz CT molecular complexity index is 530. The number of rotatable bonds is 7. The van der Waals surface area contributed by atoms with Gasteiger partial charge in [0.25, 0.3) is 5.91 Å². The Morgan fingerprint density at radius 2 is 2.10 bits per heavy atom. The Morgan fingerprint density at radius 3 is 2.67 bits per heavy atom. The van der Waals surface area contributed by atoms with E-state index in [4.69, 9.17) is 9.84 Å². The first kappa shape index (κ1) is 16.6. The molecular weight excluding hydrogens is 276 g/mol. The molecule has 0 unspecified atom stereocenters. The second kappa shape index (κ2) is 7.98. The molecule has 0 aliphatic carbocycles. The standard InChI is InChI=1S/C14H18N2O5/c1-3-21-12(17)5-4-11(14(19)20)16-13(18)10-6-9(2)7-15-8-10/h6-8,11H,3-5H2,1-2H3,(H,16,18)(H,19,20)/t11-/m0/s1. The summed E-state index contributed by atoms with van der Waals surface area (Å²) in [5, 5.41) is 11.5. The molecule has 21 heavy (non-hydrogen) atoms. The van der Waals surface area contributed by atoms with Gasteiger partial charge in [0, 0.05) is 18.8 Å². The van der Waals surface area contributed by atoms with Crippen LogP contribution < -0.4 is 5.32 Å². The first-order valence-corrected chi connectivity index (χ1v) is 6.55. The third kappa shape index (κ3) is 5.60. The van der Waals surface area contributed by atoms with Crippen molar-refractivity contribution in [2.45, 2.75) is 32.7 Å². The molecule has 1 aromatic heterocycles. The highest BCUT2D eigenvalue weighted by molar-refractivity contribution is 5.96. The fraction of sp³-hybridized carbons (Fsp3) is 0.429. The number of hydrogen-bond acceptors (Lipinski definition) is 5. The highest BCUT2D eigenvalue weighted by Gasteiger charge is 2.22. The van der Waals surface area contributed by atoms with E-state index >= 15 is 0 Å². The first-order valence-electron chi connectivity index (χ1n) is 6.55. The highest BCUT2D eigenvalue weighted by Crippen LogP contribution is 2.05. The fourth-order valence-electron chi connectivity index (χ4n) is 1.67. The summed E-state index contributed by atoms with van der Waals surface area (Å²) in [6.45, 7) is 3.68. The topological polar surface area (TPSA) is 106 Å². The molecule has 2 N–H and O–H groups in total. The average Bonchev–Trinajstić information content (AvgIpc) is 2.43. The lowest BCUT2D eigenvalue weighted by Gasteiger charge is -2.14. The molecule has 0 aromatic carbocycles. The maximum atomic E-state index is 12.0. The minimum atomic E-state index is -1.20. The molecule has 0 aliphatic heterocycles. The molecule has 7 nitrogen and oxygen atoms in total. The van der Waals surface area contributed by atoms with Crippen LogP contribution in [0.15, 0.2) is 18.5 Å². The van der Waals surface area contributed by atoms with Crippen molar-refractivity contribution in [1.29, 1.82) is 0 Å². The van der Waals surface area contributed by atoms with Crippen LogP contribution in [0.3, 0.4) is 0 Å². The molecule has 1 heterocycles. The molecule has 0 aliphatic rings. The van der Waals surface area contributed by atoms with Gasteiger partial charge in [0.15, 0.2) is 0 Å². The van der Waals surface area contributed by atoms with Gasteiger partial charge in [-0.3, -0.25) is 14.6 Å². The minimum absolute atomic E-state index is 0.0286. The maximum absolute atomic E-state index is 12.0. The van der Waals surface area contributed by atoms with Crippen molar-refractivity contribution in [3.8, 4) is 0 Å². The number of nitrogens with zero attached hydrogens (tertiary/aromatic N) is 1. The summed E-state index contributed by atoms with van der Waals surface area (Å²) in [6.07, 6.45) is 2.84. The first-order chi connectivity index (χ1) is 9.93. The molecule has 0 saturated carbocycles. The lowest BCUT2D eigenvalue weighted by molar-refractivity contribution is -0.144. The van der Waals surface area contributed by atoms with Crippen LogP contribution in [0.4, 0.5) is 0 Å². The zero-order valence-corrected chi connectivity index (χ0v) is 12.0. The molecule has 114 valence electrons. The predicted molar refractivity (Wildman–Crippen MR) is 73.7 cm³/mol. The summed E-state index contributed by atoms with van der Waals surface area (Å²) in [5.41, 5.74) is 1.07. The quantitative estimate of drug-likeness (QED) is 0.724. The number of esters is 1.